The molecule has 0 radical (unpaired) electrons. The zero-order valence-electron chi connectivity index (χ0n) is 18.7. The van der Waals surface area contributed by atoms with Crippen molar-refractivity contribution in [1.29, 1.82) is 0 Å². The average molecular weight is 455 g/mol. The fourth-order valence-electron chi connectivity index (χ4n) is 4.77. The minimum atomic E-state index is -1.02. The number of piperazine rings is 1. The number of aromatic nitrogens is 2. The van der Waals surface area contributed by atoms with Crippen molar-refractivity contribution in [1.82, 2.24) is 30.0 Å². The molecule has 3 aliphatic rings. The molecular weight excluding hydrogens is 427 g/mol. The molecular formula is C23H27FN6O3. The van der Waals surface area contributed by atoms with Gasteiger partial charge in [-0.05, 0) is 24.3 Å². The molecule has 33 heavy (non-hydrogen) atoms. The quantitative estimate of drug-likeness (QED) is 0.735. The zero-order valence-corrected chi connectivity index (χ0v) is 18.7. The molecule has 174 valence electrons. The van der Waals surface area contributed by atoms with Crippen LogP contribution in [0.15, 0.2) is 42.2 Å². The van der Waals surface area contributed by atoms with Gasteiger partial charge in [0.05, 0.1) is 17.6 Å². The van der Waals surface area contributed by atoms with Gasteiger partial charge in [0.2, 0.25) is 5.91 Å². The number of amides is 2. The molecule has 9 nitrogen and oxygen atoms in total. The Morgan fingerprint density at radius 3 is 2.76 bits per heavy atom. The Labute approximate surface area is 190 Å². The molecule has 2 saturated heterocycles. The van der Waals surface area contributed by atoms with Gasteiger partial charge in [-0.1, -0.05) is 12.1 Å². The molecule has 1 aromatic heterocycles. The number of carbonyl (C=O) groups excluding carboxylic acids is 2. The molecule has 5 rings (SSSR count). The van der Waals surface area contributed by atoms with Gasteiger partial charge in [-0.3, -0.25) is 14.6 Å². The molecule has 2 aliphatic heterocycles. The summed E-state index contributed by atoms with van der Waals surface area (Å²) in [5.41, 5.74) is 0.948. The first-order chi connectivity index (χ1) is 15.9. The fraction of sp³-hybridized carbons (Fsp3) is 0.435. The van der Waals surface area contributed by atoms with Gasteiger partial charge in [0, 0.05) is 52.1 Å². The predicted molar refractivity (Wildman–Crippen MR) is 120 cm³/mol. The van der Waals surface area contributed by atoms with Gasteiger partial charge in [0.25, 0.3) is 0 Å². The number of halogens is 1. The highest BCUT2D eigenvalue weighted by atomic mass is 19.1. The average Bonchev–Trinajstić information content (AvgIpc) is 3.42. The molecule has 0 saturated carbocycles. The minimum absolute atomic E-state index is 0.0263. The van der Waals surface area contributed by atoms with Crippen LogP contribution in [0.2, 0.25) is 0 Å². The third kappa shape index (κ3) is 3.68. The molecule has 2 amide bonds. The maximum atomic E-state index is 15.8. The van der Waals surface area contributed by atoms with Gasteiger partial charge in [-0.15, -0.1) is 0 Å². The first kappa shape index (κ1) is 21.6. The second kappa shape index (κ2) is 8.27. The second-order valence-corrected chi connectivity index (χ2v) is 8.63. The van der Waals surface area contributed by atoms with E-state index in [4.69, 9.17) is 4.74 Å². The van der Waals surface area contributed by atoms with E-state index in [1.165, 1.54) is 11.8 Å². The Morgan fingerprint density at radius 2 is 2.06 bits per heavy atom. The van der Waals surface area contributed by atoms with Crippen molar-refractivity contribution in [3.05, 3.63) is 48.1 Å². The monoisotopic (exact) mass is 454 g/mol. The Hall–Kier alpha value is -3.24. The lowest BCUT2D eigenvalue weighted by atomic mass is 9.91. The number of aromatic amines is 1. The van der Waals surface area contributed by atoms with Crippen LogP contribution < -0.4 is 5.32 Å². The molecule has 2 N–H and O–H groups in total. The Bertz CT molecular complexity index is 1120. The maximum Gasteiger partial charge on any atom is 0.413 e. The Kier molecular flexibility index (Phi) is 5.41. The van der Waals surface area contributed by atoms with Crippen molar-refractivity contribution in [3.63, 3.8) is 0 Å². The van der Waals surface area contributed by atoms with Crippen molar-refractivity contribution < 1.29 is 18.7 Å². The fourth-order valence-corrected chi connectivity index (χ4v) is 4.77. The topological polar surface area (TPSA) is 93.8 Å². The molecule has 1 aromatic carbocycles. The van der Waals surface area contributed by atoms with Crippen LogP contribution in [0.5, 0.6) is 0 Å². The van der Waals surface area contributed by atoms with Gasteiger partial charge < -0.3 is 19.9 Å². The van der Waals surface area contributed by atoms with Crippen molar-refractivity contribution in [2.45, 2.75) is 25.2 Å². The van der Waals surface area contributed by atoms with Crippen LogP contribution in [0, 0.1) is 0 Å². The first-order valence-corrected chi connectivity index (χ1v) is 11.1. The number of hydrogen-bond acceptors (Lipinski definition) is 6. The standard InChI is InChI=1S/C23H27FN6O3/c1-15(31)28(2)20-14-30(22(32)33-20)23(29-11-9-25-10-12-29)8-7-16(17(24)13-23)21-26-18-5-3-4-6-19(18)27-21/h3-8,20,25H,9-14H2,1-2H3,(H,26,27). The van der Waals surface area contributed by atoms with Crippen LogP contribution in [0.25, 0.3) is 16.6 Å². The van der Waals surface area contributed by atoms with E-state index >= 15 is 4.39 Å². The van der Waals surface area contributed by atoms with Crippen molar-refractivity contribution in [2.24, 2.45) is 0 Å². The highest BCUT2D eigenvalue weighted by Crippen LogP contribution is 2.41. The largest absolute Gasteiger partial charge is 0.423 e. The van der Waals surface area contributed by atoms with E-state index in [0.717, 1.165) is 24.1 Å². The normalized spacial score (nSPS) is 26.2. The number of allylic oxidation sites excluding steroid dienone is 2. The number of nitrogens with zero attached hydrogens (tertiary/aromatic N) is 4. The summed E-state index contributed by atoms with van der Waals surface area (Å²) in [4.78, 5) is 37.6. The van der Waals surface area contributed by atoms with Crippen molar-refractivity contribution in [2.75, 3.05) is 39.8 Å². The minimum Gasteiger partial charge on any atom is -0.423 e. The second-order valence-electron chi connectivity index (χ2n) is 8.63. The highest BCUT2D eigenvalue weighted by Gasteiger charge is 2.51. The van der Waals surface area contributed by atoms with E-state index in [1.807, 2.05) is 30.3 Å². The summed E-state index contributed by atoms with van der Waals surface area (Å²) in [6, 6.07) is 7.55. The number of imidazole rings is 1. The van der Waals surface area contributed by atoms with Crippen molar-refractivity contribution in [3.8, 4) is 0 Å². The predicted octanol–water partition coefficient (Wildman–Crippen LogP) is 2.06. The van der Waals surface area contributed by atoms with Gasteiger partial charge in [-0.2, -0.15) is 0 Å². The summed E-state index contributed by atoms with van der Waals surface area (Å²) in [5, 5.41) is 3.30. The molecule has 0 bridgehead atoms. The molecule has 2 unspecified atom stereocenters. The summed E-state index contributed by atoms with van der Waals surface area (Å²) >= 11 is 0. The number of fused-ring (bicyclic) bond motifs is 1. The molecule has 0 spiro atoms. The van der Waals surface area contributed by atoms with E-state index in [-0.39, 0.29) is 24.7 Å². The van der Waals surface area contributed by atoms with Gasteiger partial charge >= 0.3 is 6.09 Å². The maximum absolute atomic E-state index is 15.8. The summed E-state index contributed by atoms with van der Waals surface area (Å²) in [5.74, 6) is -0.105. The molecule has 1 aliphatic carbocycles. The first-order valence-electron chi connectivity index (χ1n) is 11.1. The van der Waals surface area contributed by atoms with E-state index < -0.39 is 18.0 Å². The summed E-state index contributed by atoms with van der Waals surface area (Å²) in [6.07, 6.45) is 2.28. The molecule has 3 heterocycles. The van der Waals surface area contributed by atoms with E-state index in [1.54, 1.807) is 18.0 Å². The van der Waals surface area contributed by atoms with Crippen LogP contribution in [0.1, 0.15) is 19.2 Å². The smallest absolute Gasteiger partial charge is 0.413 e. The van der Waals surface area contributed by atoms with Crippen LogP contribution in [-0.4, -0.2) is 88.3 Å². The van der Waals surface area contributed by atoms with E-state index in [0.29, 0.717) is 24.5 Å². The lowest BCUT2D eigenvalue weighted by Crippen LogP contribution is -2.64. The van der Waals surface area contributed by atoms with E-state index in [9.17, 15) is 9.59 Å². The van der Waals surface area contributed by atoms with Crippen molar-refractivity contribution >= 4 is 28.6 Å². The number of para-hydroxylation sites is 2. The number of ether oxygens (including phenoxy) is 1. The van der Waals surface area contributed by atoms with Crippen LogP contribution in [0.3, 0.4) is 0 Å². The number of likely N-dealkylation sites (N-methyl/N-ethyl adjacent to an activating group) is 1. The van der Waals surface area contributed by atoms with Crippen LogP contribution in [0.4, 0.5) is 9.18 Å². The number of hydrogen-bond donors (Lipinski definition) is 2. The Morgan fingerprint density at radius 1 is 1.30 bits per heavy atom. The Balaban J connectivity index is 1.50. The van der Waals surface area contributed by atoms with Gasteiger partial charge in [-0.25, -0.2) is 14.2 Å². The number of H-pyrrole nitrogens is 1. The van der Waals surface area contributed by atoms with Crippen LogP contribution in [-0.2, 0) is 9.53 Å². The third-order valence-corrected chi connectivity index (χ3v) is 6.73. The van der Waals surface area contributed by atoms with Gasteiger partial charge in [0.1, 0.15) is 17.3 Å². The number of benzene rings is 1. The molecule has 10 heteroatoms. The number of cyclic esters (lactones) is 1. The highest BCUT2D eigenvalue weighted by molar-refractivity contribution is 5.83. The van der Waals surface area contributed by atoms with E-state index in [2.05, 4.69) is 20.2 Å². The lowest BCUT2D eigenvalue weighted by molar-refractivity contribution is -0.134. The molecule has 2 fully saturated rings. The number of nitrogens with one attached hydrogen (secondary N) is 2. The lowest BCUT2D eigenvalue weighted by Gasteiger charge is -2.49. The summed E-state index contributed by atoms with van der Waals surface area (Å²) in [7, 11) is 1.60. The molecule has 2 atom stereocenters. The SMILES string of the molecule is CC(=O)N(C)C1CN(C2(N3CCNCC3)C=CC(c3nc4ccccc4[nH]3)=C(F)C2)C(=O)O1. The summed E-state index contributed by atoms with van der Waals surface area (Å²) < 4.78 is 21.3. The summed E-state index contributed by atoms with van der Waals surface area (Å²) in [6.45, 7) is 4.35. The zero-order chi connectivity index (χ0) is 23.2. The third-order valence-electron chi connectivity index (χ3n) is 6.73. The number of rotatable bonds is 4. The van der Waals surface area contributed by atoms with Gasteiger partial charge in [0.15, 0.2) is 6.23 Å². The molecule has 2 aromatic rings. The number of carbonyl (C=O) groups is 2. The van der Waals surface area contributed by atoms with Crippen LogP contribution >= 0.6 is 0 Å².